The lowest BCUT2D eigenvalue weighted by molar-refractivity contribution is 0.601. The van der Waals surface area contributed by atoms with Crippen LogP contribution in [0.3, 0.4) is 0 Å². The van der Waals surface area contributed by atoms with Gasteiger partial charge >= 0.3 is 0 Å². The number of fused-ring (bicyclic) bond motifs is 1. The lowest BCUT2D eigenvalue weighted by atomic mass is 10.1. The van der Waals surface area contributed by atoms with Gasteiger partial charge in [0, 0.05) is 5.02 Å². The monoisotopic (exact) mass is 296 g/mol. The van der Waals surface area contributed by atoms with Gasteiger partial charge in [0.2, 0.25) is 0 Å². The van der Waals surface area contributed by atoms with Crippen molar-refractivity contribution in [3.05, 3.63) is 69.0 Å². The van der Waals surface area contributed by atoms with Gasteiger partial charge in [-0.3, -0.25) is 4.79 Å². The van der Waals surface area contributed by atoms with Crippen LogP contribution in [0.5, 0.6) is 0 Å². The van der Waals surface area contributed by atoms with Crippen molar-refractivity contribution in [3.63, 3.8) is 0 Å². The predicted octanol–water partition coefficient (Wildman–Crippen LogP) is 2.36. The van der Waals surface area contributed by atoms with Gasteiger partial charge in [0.25, 0.3) is 5.56 Å². The first-order valence-corrected chi connectivity index (χ1v) is 6.58. The van der Waals surface area contributed by atoms with E-state index in [2.05, 4.69) is 10.3 Å². The Bertz CT molecular complexity index is 927. The zero-order valence-electron chi connectivity index (χ0n) is 10.8. The fourth-order valence-electron chi connectivity index (χ4n) is 2.03. The van der Waals surface area contributed by atoms with Gasteiger partial charge in [-0.15, -0.1) is 5.10 Å². The van der Waals surface area contributed by atoms with Gasteiger partial charge < -0.3 is 0 Å². The predicted molar refractivity (Wildman–Crippen MR) is 79.1 cm³/mol. The Morgan fingerprint density at radius 1 is 1.24 bits per heavy atom. The Labute approximate surface area is 125 Å². The number of benzene rings is 2. The van der Waals surface area contributed by atoms with E-state index in [1.165, 1.54) is 4.68 Å². The highest BCUT2D eigenvalue weighted by Crippen LogP contribution is 2.18. The molecule has 0 N–H and O–H groups in total. The second kappa shape index (κ2) is 5.35. The molecule has 1 aromatic heterocycles. The molecule has 0 unspecified atom stereocenters. The van der Waals surface area contributed by atoms with E-state index in [4.69, 9.17) is 16.9 Å². The third-order valence-electron chi connectivity index (χ3n) is 3.13. The molecule has 5 nitrogen and oxygen atoms in total. The minimum absolute atomic E-state index is 0.210. The molecule has 0 atom stereocenters. The standard InChI is InChI=1S/C15H9ClN4O/c16-13-7-10(8-17)5-6-11(13)9-20-15(21)12-3-1-2-4-14(12)18-19-20/h1-7H,9H2. The van der Waals surface area contributed by atoms with Crippen LogP contribution in [0.15, 0.2) is 47.3 Å². The highest BCUT2D eigenvalue weighted by atomic mass is 35.5. The van der Waals surface area contributed by atoms with E-state index in [0.29, 0.717) is 27.1 Å². The second-order valence-corrected chi connectivity index (χ2v) is 4.89. The van der Waals surface area contributed by atoms with Crippen molar-refractivity contribution in [1.82, 2.24) is 15.0 Å². The molecule has 0 amide bonds. The summed E-state index contributed by atoms with van der Waals surface area (Å²) in [5.41, 5.74) is 1.52. The number of nitrogens with zero attached hydrogens (tertiary/aromatic N) is 4. The van der Waals surface area contributed by atoms with Crippen molar-refractivity contribution < 1.29 is 0 Å². The number of aromatic nitrogens is 3. The van der Waals surface area contributed by atoms with E-state index < -0.39 is 0 Å². The molecule has 6 heteroatoms. The third-order valence-corrected chi connectivity index (χ3v) is 3.48. The molecular formula is C15H9ClN4O. The van der Waals surface area contributed by atoms with Crippen LogP contribution in [0.4, 0.5) is 0 Å². The van der Waals surface area contributed by atoms with Crippen molar-refractivity contribution in [2.45, 2.75) is 6.54 Å². The van der Waals surface area contributed by atoms with E-state index in [1.54, 1.807) is 42.5 Å². The van der Waals surface area contributed by atoms with E-state index in [0.717, 1.165) is 0 Å². The van der Waals surface area contributed by atoms with Gasteiger partial charge in [-0.1, -0.05) is 35.0 Å². The minimum Gasteiger partial charge on any atom is -0.267 e. The largest absolute Gasteiger partial charge is 0.277 e. The molecule has 0 saturated heterocycles. The normalized spacial score (nSPS) is 10.5. The molecule has 2 aromatic carbocycles. The van der Waals surface area contributed by atoms with E-state index in [1.807, 2.05) is 6.07 Å². The molecule has 0 aliphatic carbocycles. The average Bonchev–Trinajstić information content (AvgIpc) is 2.52. The Morgan fingerprint density at radius 3 is 2.81 bits per heavy atom. The fourth-order valence-corrected chi connectivity index (χ4v) is 2.27. The Kier molecular flexibility index (Phi) is 3.38. The van der Waals surface area contributed by atoms with Gasteiger partial charge in [-0.25, -0.2) is 4.68 Å². The molecule has 21 heavy (non-hydrogen) atoms. The maximum absolute atomic E-state index is 12.3. The first-order valence-electron chi connectivity index (χ1n) is 6.20. The average molecular weight is 297 g/mol. The summed E-state index contributed by atoms with van der Waals surface area (Å²) in [6.07, 6.45) is 0. The van der Waals surface area contributed by atoms with Gasteiger partial charge in [0.1, 0.15) is 5.52 Å². The molecule has 0 bridgehead atoms. The summed E-state index contributed by atoms with van der Waals surface area (Å²) < 4.78 is 1.26. The summed E-state index contributed by atoms with van der Waals surface area (Å²) in [5, 5.41) is 17.7. The molecule has 0 aliphatic rings. The first kappa shape index (κ1) is 13.3. The highest BCUT2D eigenvalue weighted by molar-refractivity contribution is 6.31. The number of nitriles is 1. The van der Waals surface area contributed by atoms with Crippen molar-refractivity contribution in [2.24, 2.45) is 0 Å². The highest BCUT2D eigenvalue weighted by Gasteiger charge is 2.08. The van der Waals surface area contributed by atoms with Crippen LogP contribution >= 0.6 is 11.6 Å². The van der Waals surface area contributed by atoms with Crippen LogP contribution in [0.1, 0.15) is 11.1 Å². The first-order chi connectivity index (χ1) is 10.2. The lowest BCUT2D eigenvalue weighted by Crippen LogP contribution is -2.24. The van der Waals surface area contributed by atoms with Crippen LogP contribution in [0.25, 0.3) is 10.9 Å². The Hall–Kier alpha value is -2.71. The molecule has 0 radical (unpaired) electrons. The number of halogens is 1. The Morgan fingerprint density at radius 2 is 2.05 bits per heavy atom. The second-order valence-electron chi connectivity index (χ2n) is 4.49. The summed E-state index contributed by atoms with van der Waals surface area (Å²) in [5.74, 6) is 0. The molecule has 0 aliphatic heterocycles. The molecular weight excluding hydrogens is 288 g/mol. The maximum atomic E-state index is 12.3. The summed E-state index contributed by atoms with van der Waals surface area (Å²) >= 11 is 6.11. The summed E-state index contributed by atoms with van der Waals surface area (Å²) in [6, 6.07) is 14.0. The lowest BCUT2D eigenvalue weighted by Gasteiger charge is -2.07. The molecule has 0 saturated carbocycles. The molecule has 1 heterocycles. The summed E-state index contributed by atoms with van der Waals surface area (Å²) in [6.45, 7) is 0.210. The third kappa shape index (κ3) is 2.49. The quantitative estimate of drug-likeness (QED) is 0.728. The molecule has 102 valence electrons. The minimum atomic E-state index is -0.221. The topological polar surface area (TPSA) is 71.6 Å². The fraction of sp³-hybridized carbons (Fsp3) is 0.0667. The summed E-state index contributed by atoms with van der Waals surface area (Å²) in [4.78, 5) is 12.3. The smallest absolute Gasteiger partial charge is 0.267 e. The van der Waals surface area contributed by atoms with E-state index in [9.17, 15) is 4.79 Å². The van der Waals surface area contributed by atoms with Crippen molar-refractivity contribution in [3.8, 4) is 6.07 Å². The zero-order chi connectivity index (χ0) is 14.8. The van der Waals surface area contributed by atoms with E-state index >= 15 is 0 Å². The van der Waals surface area contributed by atoms with Gasteiger partial charge in [0.15, 0.2) is 0 Å². The van der Waals surface area contributed by atoms with Crippen LogP contribution in [-0.2, 0) is 6.54 Å². The molecule has 3 aromatic rings. The number of hydrogen-bond acceptors (Lipinski definition) is 4. The van der Waals surface area contributed by atoms with Crippen molar-refractivity contribution in [2.75, 3.05) is 0 Å². The van der Waals surface area contributed by atoms with Gasteiger partial charge in [-0.05, 0) is 29.8 Å². The van der Waals surface area contributed by atoms with Crippen molar-refractivity contribution in [1.29, 1.82) is 5.26 Å². The number of hydrogen-bond donors (Lipinski definition) is 0. The molecule has 0 spiro atoms. The molecule has 0 fully saturated rings. The number of rotatable bonds is 2. The zero-order valence-corrected chi connectivity index (χ0v) is 11.6. The summed E-state index contributed by atoms with van der Waals surface area (Å²) in [7, 11) is 0. The SMILES string of the molecule is N#Cc1ccc(Cn2nnc3ccccc3c2=O)c(Cl)c1. The molecule has 3 rings (SSSR count). The van der Waals surface area contributed by atoms with Crippen LogP contribution in [0.2, 0.25) is 5.02 Å². The van der Waals surface area contributed by atoms with Crippen molar-refractivity contribution >= 4 is 22.5 Å². The Balaban J connectivity index is 2.05. The van der Waals surface area contributed by atoms with Crippen LogP contribution in [0, 0.1) is 11.3 Å². The van der Waals surface area contributed by atoms with Crippen LogP contribution < -0.4 is 5.56 Å². The van der Waals surface area contributed by atoms with Gasteiger partial charge in [-0.2, -0.15) is 5.26 Å². The van der Waals surface area contributed by atoms with Crippen LogP contribution in [-0.4, -0.2) is 15.0 Å². The maximum Gasteiger partial charge on any atom is 0.277 e. The van der Waals surface area contributed by atoms with E-state index in [-0.39, 0.29) is 12.1 Å². The van der Waals surface area contributed by atoms with Gasteiger partial charge in [0.05, 0.1) is 23.6 Å².